The molecule has 0 unspecified atom stereocenters. The van der Waals surface area contributed by atoms with Gasteiger partial charge in [0.1, 0.15) is 5.60 Å². The summed E-state index contributed by atoms with van der Waals surface area (Å²) in [6.07, 6.45) is 2.58. The molecule has 0 heterocycles. The van der Waals surface area contributed by atoms with Gasteiger partial charge in [-0.05, 0) is 39.5 Å². The molecule has 0 bridgehead atoms. The molecule has 0 spiro atoms. The second kappa shape index (κ2) is 7.66. The van der Waals surface area contributed by atoms with Crippen LogP contribution in [0.3, 0.4) is 0 Å². The maximum Gasteiger partial charge on any atom is 0.308 e. The molecule has 0 N–H and O–H groups in total. The molecule has 0 aromatic heterocycles. The van der Waals surface area contributed by atoms with Gasteiger partial charge in [-0.1, -0.05) is 13.8 Å². The van der Waals surface area contributed by atoms with E-state index in [1.165, 1.54) is 6.42 Å². The summed E-state index contributed by atoms with van der Waals surface area (Å²) < 4.78 is 10.5. The molecule has 16 heavy (non-hydrogen) atoms. The first-order valence-electron chi connectivity index (χ1n) is 6.11. The van der Waals surface area contributed by atoms with Crippen molar-refractivity contribution >= 4 is 5.97 Å². The van der Waals surface area contributed by atoms with Crippen molar-refractivity contribution in [3.05, 3.63) is 0 Å². The first-order chi connectivity index (χ1) is 7.31. The topological polar surface area (TPSA) is 35.5 Å². The van der Waals surface area contributed by atoms with Gasteiger partial charge in [-0.3, -0.25) is 4.79 Å². The number of carbonyl (C=O) groups excluding carboxylic acids is 1. The molecule has 0 aromatic rings. The maximum absolute atomic E-state index is 11.3. The van der Waals surface area contributed by atoms with Gasteiger partial charge in [0.2, 0.25) is 0 Å². The van der Waals surface area contributed by atoms with Crippen molar-refractivity contribution in [1.29, 1.82) is 0 Å². The summed E-state index contributed by atoms with van der Waals surface area (Å²) in [6, 6.07) is 0. The Bertz CT molecular complexity index is 192. The van der Waals surface area contributed by atoms with Crippen LogP contribution >= 0.6 is 0 Å². The number of carbonyl (C=O) groups is 1. The molecule has 3 heteroatoms. The lowest BCUT2D eigenvalue weighted by molar-refractivity contribution is -0.156. The van der Waals surface area contributed by atoms with E-state index in [-0.39, 0.29) is 5.97 Å². The highest BCUT2D eigenvalue weighted by Gasteiger charge is 2.15. The van der Waals surface area contributed by atoms with Crippen molar-refractivity contribution in [1.82, 2.24) is 0 Å². The normalized spacial score (nSPS) is 11.9. The average molecular weight is 230 g/mol. The third kappa shape index (κ3) is 11.5. The number of rotatable bonds is 7. The molecule has 0 saturated heterocycles. The lowest BCUT2D eigenvalue weighted by Gasteiger charge is -2.19. The molecule has 0 fully saturated rings. The standard InChI is InChI=1S/C13H26O3/c1-11(2)7-6-9-15-10-8-12(14)16-13(3,4)5/h11H,6-10H2,1-5H3. The van der Waals surface area contributed by atoms with Gasteiger partial charge >= 0.3 is 5.97 Å². The van der Waals surface area contributed by atoms with E-state index in [2.05, 4.69) is 13.8 Å². The summed E-state index contributed by atoms with van der Waals surface area (Å²) in [6.45, 7) is 11.2. The smallest absolute Gasteiger partial charge is 0.308 e. The zero-order chi connectivity index (χ0) is 12.6. The maximum atomic E-state index is 11.3. The number of esters is 1. The summed E-state index contributed by atoms with van der Waals surface area (Å²) in [5, 5.41) is 0. The Balaban J connectivity index is 3.35. The first kappa shape index (κ1) is 15.4. The van der Waals surface area contributed by atoms with Crippen LogP contribution in [-0.4, -0.2) is 24.8 Å². The Morgan fingerprint density at radius 2 is 1.81 bits per heavy atom. The molecule has 0 aliphatic heterocycles. The van der Waals surface area contributed by atoms with E-state index in [0.717, 1.165) is 18.9 Å². The molecular weight excluding hydrogens is 204 g/mol. The SMILES string of the molecule is CC(C)CCCOCCC(=O)OC(C)(C)C. The van der Waals surface area contributed by atoms with Gasteiger partial charge in [0.05, 0.1) is 13.0 Å². The average Bonchev–Trinajstić information content (AvgIpc) is 2.07. The molecule has 0 atom stereocenters. The van der Waals surface area contributed by atoms with Crippen LogP contribution in [0.15, 0.2) is 0 Å². The Kier molecular flexibility index (Phi) is 7.39. The second-order valence-electron chi connectivity index (χ2n) is 5.48. The summed E-state index contributed by atoms with van der Waals surface area (Å²) >= 11 is 0. The minimum atomic E-state index is -0.394. The molecule has 0 aliphatic rings. The molecular formula is C13H26O3. The van der Waals surface area contributed by atoms with Gasteiger partial charge in [-0.15, -0.1) is 0 Å². The largest absolute Gasteiger partial charge is 0.460 e. The lowest BCUT2D eigenvalue weighted by Crippen LogP contribution is -2.24. The van der Waals surface area contributed by atoms with Crippen LogP contribution < -0.4 is 0 Å². The Hall–Kier alpha value is -0.570. The van der Waals surface area contributed by atoms with Gasteiger partial charge in [-0.2, -0.15) is 0 Å². The van der Waals surface area contributed by atoms with Crippen LogP contribution in [-0.2, 0) is 14.3 Å². The van der Waals surface area contributed by atoms with E-state index in [0.29, 0.717) is 13.0 Å². The van der Waals surface area contributed by atoms with E-state index in [1.54, 1.807) is 0 Å². The number of ether oxygens (including phenoxy) is 2. The highest BCUT2D eigenvalue weighted by molar-refractivity contribution is 5.69. The highest BCUT2D eigenvalue weighted by atomic mass is 16.6. The van der Waals surface area contributed by atoms with E-state index in [1.807, 2.05) is 20.8 Å². The lowest BCUT2D eigenvalue weighted by atomic mass is 10.1. The fourth-order valence-electron chi connectivity index (χ4n) is 1.24. The van der Waals surface area contributed by atoms with Crippen LogP contribution in [0.2, 0.25) is 0 Å². The van der Waals surface area contributed by atoms with Crippen LogP contribution in [0, 0.1) is 5.92 Å². The molecule has 0 amide bonds. The minimum Gasteiger partial charge on any atom is -0.460 e. The van der Waals surface area contributed by atoms with Crippen molar-refractivity contribution < 1.29 is 14.3 Å². The Labute approximate surface area is 99.5 Å². The zero-order valence-corrected chi connectivity index (χ0v) is 11.3. The second-order valence-corrected chi connectivity index (χ2v) is 5.48. The van der Waals surface area contributed by atoms with Gasteiger partial charge in [0, 0.05) is 6.61 Å². The third-order valence-electron chi connectivity index (χ3n) is 1.94. The van der Waals surface area contributed by atoms with E-state index < -0.39 is 5.60 Å². The molecule has 0 saturated carbocycles. The fraction of sp³-hybridized carbons (Fsp3) is 0.923. The predicted octanol–water partition coefficient (Wildman–Crippen LogP) is 3.17. The molecule has 3 nitrogen and oxygen atoms in total. The summed E-state index contributed by atoms with van der Waals surface area (Å²) in [5.74, 6) is 0.533. The monoisotopic (exact) mass is 230 g/mol. The third-order valence-corrected chi connectivity index (χ3v) is 1.94. The zero-order valence-electron chi connectivity index (χ0n) is 11.3. The van der Waals surface area contributed by atoms with Gasteiger partial charge in [0.25, 0.3) is 0 Å². The number of hydrogen-bond donors (Lipinski definition) is 0. The molecule has 0 aliphatic carbocycles. The minimum absolute atomic E-state index is 0.184. The number of hydrogen-bond acceptors (Lipinski definition) is 3. The van der Waals surface area contributed by atoms with Gasteiger partial charge in [-0.25, -0.2) is 0 Å². The Morgan fingerprint density at radius 1 is 1.19 bits per heavy atom. The molecule has 0 radical (unpaired) electrons. The molecule has 0 rings (SSSR count). The van der Waals surface area contributed by atoms with Crippen molar-refractivity contribution in [3.8, 4) is 0 Å². The van der Waals surface area contributed by atoms with Crippen molar-refractivity contribution in [2.45, 2.75) is 59.5 Å². The van der Waals surface area contributed by atoms with Gasteiger partial charge in [0.15, 0.2) is 0 Å². The predicted molar refractivity (Wildman–Crippen MR) is 65.4 cm³/mol. The molecule has 96 valence electrons. The van der Waals surface area contributed by atoms with Crippen LogP contribution in [0.4, 0.5) is 0 Å². The van der Waals surface area contributed by atoms with E-state index >= 15 is 0 Å². The summed E-state index contributed by atoms with van der Waals surface area (Å²) in [7, 11) is 0. The highest BCUT2D eigenvalue weighted by Crippen LogP contribution is 2.08. The fourth-order valence-corrected chi connectivity index (χ4v) is 1.24. The van der Waals surface area contributed by atoms with Crippen molar-refractivity contribution in [3.63, 3.8) is 0 Å². The Morgan fingerprint density at radius 3 is 2.31 bits per heavy atom. The van der Waals surface area contributed by atoms with Crippen LogP contribution in [0.1, 0.15) is 53.9 Å². The van der Waals surface area contributed by atoms with Gasteiger partial charge < -0.3 is 9.47 Å². The van der Waals surface area contributed by atoms with Crippen LogP contribution in [0.5, 0.6) is 0 Å². The molecule has 0 aromatic carbocycles. The summed E-state index contributed by atoms with van der Waals surface area (Å²) in [5.41, 5.74) is -0.394. The van der Waals surface area contributed by atoms with E-state index in [9.17, 15) is 4.79 Å². The first-order valence-corrected chi connectivity index (χ1v) is 6.11. The van der Waals surface area contributed by atoms with Crippen molar-refractivity contribution in [2.75, 3.05) is 13.2 Å². The van der Waals surface area contributed by atoms with E-state index in [4.69, 9.17) is 9.47 Å². The van der Waals surface area contributed by atoms with Crippen LogP contribution in [0.25, 0.3) is 0 Å². The quantitative estimate of drug-likeness (QED) is 0.498. The summed E-state index contributed by atoms with van der Waals surface area (Å²) in [4.78, 5) is 11.3. The van der Waals surface area contributed by atoms with Crippen molar-refractivity contribution in [2.24, 2.45) is 5.92 Å².